The second-order valence-corrected chi connectivity index (χ2v) is 6.04. The number of carbonyl (C=O) groups is 1. The van der Waals surface area contributed by atoms with Crippen molar-refractivity contribution in [2.75, 3.05) is 13.7 Å². The fourth-order valence-electron chi connectivity index (χ4n) is 3.00. The van der Waals surface area contributed by atoms with Crippen molar-refractivity contribution < 1.29 is 18.3 Å². The Labute approximate surface area is 138 Å². The molecule has 0 spiro atoms. The number of aromatic nitrogens is 3. The number of hydrogen-bond acceptors (Lipinski definition) is 4. The third-order valence-corrected chi connectivity index (χ3v) is 4.42. The van der Waals surface area contributed by atoms with Crippen LogP contribution in [-0.4, -0.2) is 51.2 Å². The van der Waals surface area contributed by atoms with Gasteiger partial charge in [-0.2, -0.15) is 5.10 Å². The van der Waals surface area contributed by atoms with Gasteiger partial charge in [-0.05, 0) is 32.8 Å². The summed E-state index contributed by atoms with van der Waals surface area (Å²) in [6.07, 6.45) is 0.373. The molecule has 0 unspecified atom stereocenters. The largest absolute Gasteiger partial charge is 0.378 e. The molecular formula is C16H20F2N4O2. The molecule has 0 aromatic carbocycles. The minimum atomic E-state index is -2.69. The summed E-state index contributed by atoms with van der Waals surface area (Å²) in [6.45, 7) is 4.22. The van der Waals surface area contributed by atoms with Crippen LogP contribution in [0, 0.1) is 6.92 Å². The van der Waals surface area contributed by atoms with E-state index in [9.17, 15) is 13.6 Å². The highest BCUT2D eigenvalue weighted by atomic mass is 19.3. The molecule has 24 heavy (non-hydrogen) atoms. The van der Waals surface area contributed by atoms with Crippen LogP contribution < -0.4 is 0 Å². The maximum Gasteiger partial charge on any atom is 0.280 e. The molecule has 1 aliphatic rings. The van der Waals surface area contributed by atoms with E-state index < -0.39 is 6.43 Å². The Hall–Kier alpha value is -2.09. The van der Waals surface area contributed by atoms with Crippen molar-refractivity contribution in [3.05, 3.63) is 29.2 Å². The Morgan fingerprint density at radius 2 is 2.21 bits per heavy atom. The first-order chi connectivity index (χ1) is 11.4. The molecule has 0 atom stereocenters. The second-order valence-electron chi connectivity index (χ2n) is 6.04. The highest BCUT2D eigenvalue weighted by molar-refractivity contribution is 5.99. The van der Waals surface area contributed by atoms with Gasteiger partial charge in [0.2, 0.25) is 0 Å². The minimum Gasteiger partial charge on any atom is -0.378 e. The SMILES string of the molecule is CCOC1CC(N(C)C(=O)c2cnn3c(C(F)F)cc(C)nc23)C1. The summed E-state index contributed by atoms with van der Waals surface area (Å²) >= 11 is 0. The number of fused-ring (bicyclic) bond motifs is 1. The molecular weight excluding hydrogens is 318 g/mol. The van der Waals surface area contributed by atoms with Crippen molar-refractivity contribution in [1.82, 2.24) is 19.5 Å². The van der Waals surface area contributed by atoms with Crippen LogP contribution in [0.25, 0.3) is 5.65 Å². The molecule has 0 radical (unpaired) electrons. The first kappa shape index (κ1) is 16.8. The van der Waals surface area contributed by atoms with Crippen molar-refractivity contribution in [3.8, 4) is 0 Å². The first-order valence-corrected chi connectivity index (χ1v) is 7.94. The summed E-state index contributed by atoms with van der Waals surface area (Å²) in [7, 11) is 1.71. The van der Waals surface area contributed by atoms with Gasteiger partial charge in [0.15, 0.2) is 5.65 Å². The zero-order chi connectivity index (χ0) is 17.4. The van der Waals surface area contributed by atoms with E-state index in [0.717, 1.165) is 17.4 Å². The monoisotopic (exact) mass is 338 g/mol. The van der Waals surface area contributed by atoms with Crippen LogP contribution in [0.3, 0.4) is 0 Å². The fourth-order valence-corrected chi connectivity index (χ4v) is 3.00. The van der Waals surface area contributed by atoms with Gasteiger partial charge in [-0.3, -0.25) is 4.79 Å². The normalized spacial score (nSPS) is 20.4. The molecule has 0 aliphatic heterocycles. The predicted molar refractivity (Wildman–Crippen MR) is 83.2 cm³/mol. The number of nitrogens with zero attached hydrogens (tertiary/aromatic N) is 4. The van der Waals surface area contributed by atoms with Crippen molar-refractivity contribution in [2.24, 2.45) is 0 Å². The molecule has 130 valence electrons. The summed E-state index contributed by atoms with van der Waals surface area (Å²) in [5.74, 6) is -0.261. The predicted octanol–water partition coefficient (Wildman–Crippen LogP) is 2.61. The number of aryl methyl sites for hydroxylation is 1. The van der Waals surface area contributed by atoms with E-state index in [-0.39, 0.29) is 35.0 Å². The molecule has 0 saturated heterocycles. The molecule has 2 aromatic rings. The van der Waals surface area contributed by atoms with Gasteiger partial charge < -0.3 is 9.64 Å². The Morgan fingerprint density at radius 1 is 1.50 bits per heavy atom. The Kier molecular flexibility index (Phi) is 4.49. The van der Waals surface area contributed by atoms with E-state index in [4.69, 9.17) is 4.74 Å². The highest BCUT2D eigenvalue weighted by Gasteiger charge is 2.36. The molecule has 8 heteroatoms. The van der Waals surface area contributed by atoms with Crippen molar-refractivity contribution in [1.29, 1.82) is 0 Å². The number of hydrogen-bond donors (Lipinski definition) is 0. The van der Waals surface area contributed by atoms with E-state index in [1.165, 1.54) is 12.3 Å². The van der Waals surface area contributed by atoms with Crippen LogP contribution in [0.5, 0.6) is 0 Å². The van der Waals surface area contributed by atoms with Crippen LogP contribution in [0.15, 0.2) is 12.3 Å². The Bertz CT molecular complexity index is 756. The topological polar surface area (TPSA) is 59.7 Å². The second kappa shape index (κ2) is 6.43. The van der Waals surface area contributed by atoms with Crippen LogP contribution in [-0.2, 0) is 4.74 Å². The summed E-state index contributed by atoms with van der Waals surface area (Å²) < 4.78 is 32.9. The summed E-state index contributed by atoms with van der Waals surface area (Å²) in [5.41, 5.74) is 0.570. The van der Waals surface area contributed by atoms with E-state index in [0.29, 0.717) is 12.3 Å². The maximum absolute atomic E-state index is 13.2. The fraction of sp³-hybridized carbons (Fsp3) is 0.562. The smallest absolute Gasteiger partial charge is 0.280 e. The molecule has 0 bridgehead atoms. The molecule has 3 rings (SSSR count). The maximum atomic E-state index is 13.2. The summed E-state index contributed by atoms with van der Waals surface area (Å²) in [6, 6.07) is 1.37. The standard InChI is InChI=1S/C16H20F2N4O2/c1-4-24-11-6-10(7-11)21(3)16(23)12-8-19-22-13(14(17)18)5-9(2)20-15(12)22/h5,8,10-11,14H,4,6-7H2,1-3H3. The average Bonchev–Trinajstić information content (AvgIpc) is 2.91. The molecule has 2 aromatic heterocycles. The average molecular weight is 338 g/mol. The third kappa shape index (κ3) is 2.86. The molecule has 1 saturated carbocycles. The lowest BCUT2D eigenvalue weighted by atomic mass is 9.88. The van der Waals surface area contributed by atoms with Gasteiger partial charge >= 0.3 is 0 Å². The van der Waals surface area contributed by atoms with Crippen molar-refractivity contribution in [3.63, 3.8) is 0 Å². The lowest BCUT2D eigenvalue weighted by Crippen LogP contribution is -2.48. The third-order valence-electron chi connectivity index (χ3n) is 4.42. The van der Waals surface area contributed by atoms with Gasteiger partial charge in [0.25, 0.3) is 12.3 Å². The molecule has 2 heterocycles. The molecule has 1 aliphatic carbocycles. The number of amides is 1. The lowest BCUT2D eigenvalue weighted by Gasteiger charge is -2.40. The molecule has 1 fully saturated rings. The van der Waals surface area contributed by atoms with E-state index in [1.54, 1.807) is 18.9 Å². The minimum absolute atomic E-state index is 0.0865. The quantitative estimate of drug-likeness (QED) is 0.841. The zero-order valence-electron chi connectivity index (χ0n) is 13.9. The van der Waals surface area contributed by atoms with Crippen LogP contribution >= 0.6 is 0 Å². The molecule has 0 N–H and O–H groups in total. The van der Waals surface area contributed by atoms with Gasteiger partial charge in [0.05, 0.1) is 12.3 Å². The van der Waals surface area contributed by atoms with E-state index >= 15 is 0 Å². The summed E-state index contributed by atoms with van der Waals surface area (Å²) in [5, 5.41) is 3.93. The highest BCUT2D eigenvalue weighted by Crippen LogP contribution is 2.29. The van der Waals surface area contributed by atoms with Crippen molar-refractivity contribution in [2.45, 2.75) is 45.3 Å². The van der Waals surface area contributed by atoms with Gasteiger partial charge in [0, 0.05) is 25.4 Å². The number of carbonyl (C=O) groups excluding carboxylic acids is 1. The Morgan fingerprint density at radius 3 is 2.83 bits per heavy atom. The number of rotatable bonds is 5. The molecule has 1 amide bonds. The summed E-state index contributed by atoms with van der Waals surface area (Å²) in [4.78, 5) is 18.6. The van der Waals surface area contributed by atoms with Crippen LogP contribution in [0.4, 0.5) is 8.78 Å². The van der Waals surface area contributed by atoms with E-state index in [1.807, 2.05) is 6.92 Å². The van der Waals surface area contributed by atoms with Gasteiger partial charge in [-0.15, -0.1) is 0 Å². The Balaban J connectivity index is 1.86. The number of ether oxygens (including phenoxy) is 1. The number of halogens is 2. The van der Waals surface area contributed by atoms with Crippen LogP contribution in [0.1, 0.15) is 47.9 Å². The first-order valence-electron chi connectivity index (χ1n) is 7.94. The van der Waals surface area contributed by atoms with E-state index in [2.05, 4.69) is 10.1 Å². The van der Waals surface area contributed by atoms with Gasteiger partial charge in [-0.1, -0.05) is 0 Å². The van der Waals surface area contributed by atoms with Gasteiger partial charge in [0.1, 0.15) is 11.3 Å². The number of alkyl halides is 2. The lowest BCUT2D eigenvalue weighted by molar-refractivity contribution is -0.0344. The van der Waals surface area contributed by atoms with Crippen LogP contribution in [0.2, 0.25) is 0 Å². The van der Waals surface area contributed by atoms with Gasteiger partial charge in [-0.25, -0.2) is 18.3 Å². The molecule has 6 nitrogen and oxygen atoms in total. The van der Waals surface area contributed by atoms with Crippen molar-refractivity contribution >= 4 is 11.6 Å². The zero-order valence-corrected chi connectivity index (χ0v) is 13.9.